The highest BCUT2D eigenvalue weighted by molar-refractivity contribution is 7.84. The molecule has 1 atom stereocenters. The van der Waals surface area contributed by atoms with Gasteiger partial charge in [-0.3, -0.25) is 0 Å². The van der Waals surface area contributed by atoms with E-state index < -0.39 is 0 Å². The van der Waals surface area contributed by atoms with Gasteiger partial charge in [-0.1, -0.05) is 50.2 Å². The molecule has 5 heteroatoms. The zero-order chi connectivity index (χ0) is 17.9. The SMILES string of the molecule is C=CCCC(C(=S)NC)n1c(=C)c2cccc(NC(=C)S)c2c1=C. The van der Waals surface area contributed by atoms with E-state index in [1.54, 1.807) is 0 Å². The summed E-state index contributed by atoms with van der Waals surface area (Å²) in [7, 11) is 1.84. The van der Waals surface area contributed by atoms with Gasteiger partial charge in [-0.15, -0.1) is 19.2 Å². The Kier molecular flexibility index (Phi) is 5.91. The minimum absolute atomic E-state index is 0.0116. The van der Waals surface area contributed by atoms with Crippen LogP contribution in [0.5, 0.6) is 0 Å². The predicted octanol–water partition coefficient (Wildman–Crippen LogP) is 3.33. The fraction of sp³-hybridized carbons (Fsp3) is 0.211. The molecule has 1 aromatic heterocycles. The topological polar surface area (TPSA) is 29.0 Å². The second-order valence-electron chi connectivity index (χ2n) is 5.56. The first-order valence-electron chi connectivity index (χ1n) is 7.70. The lowest BCUT2D eigenvalue weighted by molar-refractivity contribution is 0.571. The summed E-state index contributed by atoms with van der Waals surface area (Å²) in [5.41, 5.74) is 0.916. The first kappa shape index (κ1) is 18.4. The van der Waals surface area contributed by atoms with Crippen LogP contribution in [0, 0.1) is 0 Å². The molecule has 3 nitrogen and oxygen atoms in total. The number of likely N-dealkylation sites (N-methyl/N-ethyl adjacent to an activating group) is 1. The maximum Gasteiger partial charge on any atom is 0.0983 e. The second-order valence-corrected chi connectivity index (χ2v) is 6.54. The smallest absolute Gasteiger partial charge is 0.0983 e. The summed E-state index contributed by atoms with van der Waals surface area (Å²) >= 11 is 9.78. The van der Waals surface area contributed by atoms with Gasteiger partial charge in [0, 0.05) is 34.2 Å². The first-order valence-corrected chi connectivity index (χ1v) is 8.56. The number of rotatable bonds is 7. The third-order valence-electron chi connectivity index (χ3n) is 4.03. The van der Waals surface area contributed by atoms with Gasteiger partial charge in [0.05, 0.1) is 16.1 Å². The number of hydrogen-bond donors (Lipinski definition) is 3. The Balaban J connectivity index is 2.72. The highest BCUT2D eigenvalue weighted by Crippen LogP contribution is 2.22. The average Bonchev–Trinajstić information content (AvgIpc) is 2.80. The molecule has 0 amide bonds. The molecule has 0 aliphatic rings. The van der Waals surface area contributed by atoms with Crippen molar-refractivity contribution >= 4 is 59.5 Å². The Morgan fingerprint density at radius 3 is 2.67 bits per heavy atom. The Labute approximate surface area is 153 Å². The molecule has 0 bridgehead atoms. The van der Waals surface area contributed by atoms with E-state index in [1.165, 1.54) is 0 Å². The standard InChI is InChI=1S/C19H23N3S2/c1-6-7-11-17(19(24)20-5)22-12(2)15-9-8-10-16(21-14(4)23)18(15)13(22)3/h6,8-10,17,21,23H,1-4,7,11H2,5H3,(H,20,24). The molecule has 1 heterocycles. The molecule has 2 rings (SSSR count). The molecule has 2 N–H and O–H groups in total. The quantitative estimate of drug-likeness (QED) is 0.403. The van der Waals surface area contributed by atoms with Crippen molar-refractivity contribution in [1.82, 2.24) is 9.88 Å². The average molecular weight is 358 g/mol. The van der Waals surface area contributed by atoms with E-state index in [0.717, 1.165) is 45.0 Å². The molecule has 0 fully saturated rings. The maximum absolute atomic E-state index is 5.53. The molecule has 24 heavy (non-hydrogen) atoms. The van der Waals surface area contributed by atoms with E-state index in [4.69, 9.17) is 12.2 Å². The van der Waals surface area contributed by atoms with Crippen LogP contribution < -0.4 is 21.3 Å². The number of hydrogen-bond acceptors (Lipinski definition) is 3. The summed E-state index contributed by atoms with van der Waals surface area (Å²) in [4.78, 5) is 0.764. The number of fused-ring (bicyclic) bond motifs is 1. The van der Waals surface area contributed by atoms with Gasteiger partial charge in [-0.05, 0) is 18.9 Å². The van der Waals surface area contributed by atoms with Crippen molar-refractivity contribution in [3.05, 3.63) is 53.2 Å². The molecule has 0 aliphatic heterocycles. The lowest BCUT2D eigenvalue weighted by Gasteiger charge is -2.20. The van der Waals surface area contributed by atoms with E-state index >= 15 is 0 Å². The number of allylic oxidation sites excluding steroid dienone is 1. The summed E-state index contributed by atoms with van der Waals surface area (Å²) in [5, 5.41) is 10.7. The third-order valence-corrected chi connectivity index (χ3v) is 4.62. The van der Waals surface area contributed by atoms with E-state index in [2.05, 4.69) is 54.1 Å². The van der Waals surface area contributed by atoms with E-state index in [-0.39, 0.29) is 6.04 Å². The number of anilines is 1. The molecule has 1 aromatic carbocycles. The Morgan fingerprint density at radius 2 is 2.08 bits per heavy atom. The first-order chi connectivity index (χ1) is 11.4. The second kappa shape index (κ2) is 7.73. The van der Waals surface area contributed by atoms with Gasteiger partial charge in [-0.25, -0.2) is 0 Å². The van der Waals surface area contributed by atoms with Crippen molar-refractivity contribution in [1.29, 1.82) is 0 Å². The highest BCUT2D eigenvalue weighted by Gasteiger charge is 2.19. The van der Waals surface area contributed by atoms with Crippen molar-refractivity contribution in [2.45, 2.75) is 18.9 Å². The summed E-state index contributed by atoms with van der Waals surface area (Å²) in [5.74, 6) is 0. The maximum atomic E-state index is 5.53. The molecule has 0 radical (unpaired) electrons. The summed E-state index contributed by atoms with van der Waals surface area (Å²) < 4.78 is 2.11. The van der Waals surface area contributed by atoms with Gasteiger partial charge in [0.15, 0.2) is 0 Å². The normalized spacial score (nSPS) is 11.9. The van der Waals surface area contributed by atoms with Gasteiger partial charge in [0.2, 0.25) is 0 Å². The largest absolute Gasteiger partial charge is 0.381 e. The van der Waals surface area contributed by atoms with Crippen LogP contribution in [0.4, 0.5) is 5.69 Å². The van der Waals surface area contributed by atoms with Crippen LogP contribution in [0.25, 0.3) is 23.9 Å². The monoisotopic (exact) mass is 357 g/mol. The Bertz CT molecular complexity index is 895. The van der Waals surface area contributed by atoms with E-state index in [0.29, 0.717) is 5.03 Å². The van der Waals surface area contributed by atoms with Crippen molar-refractivity contribution < 1.29 is 0 Å². The van der Waals surface area contributed by atoms with Gasteiger partial charge in [0.25, 0.3) is 0 Å². The van der Waals surface area contributed by atoms with Gasteiger partial charge in [-0.2, -0.15) is 0 Å². The Morgan fingerprint density at radius 1 is 1.38 bits per heavy atom. The molecule has 0 saturated carbocycles. The van der Waals surface area contributed by atoms with Crippen LogP contribution in [0.15, 0.2) is 42.5 Å². The molecule has 0 aliphatic carbocycles. The van der Waals surface area contributed by atoms with Crippen LogP contribution in [0.3, 0.4) is 0 Å². The highest BCUT2D eigenvalue weighted by atomic mass is 32.1. The molecule has 1 unspecified atom stereocenters. The van der Waals surface area contributed by atoms with Crippen molar-refractivity contribution in [2.24, 2.45) is 0 Å². The van der Waals surface area contributed by atoms with Gasteiger partial charge < -0.3 is 15.2 Å². The van der Waals surface area contributed by atoms with Gasteiger partial charge >= 0.3 is 0 Å². The number of nitrogens with zero attached hydrogens (tertiary/aromatic N) is 1. The lowest BCUT2D eigenvalue weighted by Crippen LogP contribution is -2.38. The summed E-state index contributed by atoms with van der Waals surface area (Å²) in [6, 6.07) is 6.00. The van der Waals surface area contributed by atoms with E-state index in [1.807, 2.05) is 31.3 Å². The summed E-state index contributed by atoms with van der Waals surface area (Å²) in [6.45, 7) is 16.2. The number of thiol groups is 1. The number of benzene rings is 1. The Hall–Kier alpha value is -1.98. The minimum Gasteiger partial charge on any atom is -0.381 e. The number of aromatic nitrogens is 1. The predicted molar refractivity (Wildman–Crippen MR) is 114 cm³/mol. The van der Waals surface area contributed by atoms with Crippen LogP contribution in [-0.2, 0) is 0 Å². The molecular weight excluding hydrogens is 334 g/mol. The number of nitrogens with one attached hydrogen (secondary N) is 2. The minimum atomic E-state index is -0.0116. The van der Waals surface area contributed by atoms with Gasteiger partial charge in [0.1, 0.15) is 0 Å². The third kappa shape index (κ3) is 3.42. The van der Waals surface area contributed by atoms with Crippen LogP contribution in [0.2, 0.25) is 0 Å². The van der Waals surface area contributed by atoms with Crippen molar-refractivity contribution in [2.75, 3.05) is 12.4 Å². The zero-order valence-electron chi connectivity index (χ0n) is 13.9. The van der Waals surface area contributed by atoms with Crippen molar-refractivity contribution in [3.8, 4) is 0 Å². The molecule has 126 valence electrons. The van der Waals surface area contributed by atoms with Crippen LogP contribution in [0.1, 0.15) is 18.9 Å². The van der Waals surface area contributed by atoms with E-state index in [9.17, 15) is 0 Å². The fourth-order valence-electron chi connectivity index (χ4n) is 2.97. The molecule has 2 aromatic rings. The zero-order valence-corrected chi connectivity index (χ0v) is 15.6. The fourth-order valence-corrected chi connectivity index (χ4v) is 3.32. The number of thiocarbonyl (C=S) groups is 1. The molecular formula is C19H23N3S2. The molecule has 0 saturated heterocycles. The molecule has 0 spiro atoms. The summed E-state index contributed by atoms with van der Waals surface area (Å²) in [6.07, 6.45) is 3.60. The van der Waals surface area contributed by atoms with Crippen molar-refractivity contribution in [3.63, 3.8) is 0 Å². The van der Waals surface area contributed by atoms with Crippen LogP contribution in [-0.4, -0.2) is 16.6 Å². The lowest BCUT2D eigenvalue weighted by atomic mass is 10.1. The van der Waals surface area contributed by atoms with Crippen LogP contribution >= 0.6 is 24.8 Å².